The molecule has 0 saturated carbocycles. The fourth-order valence-electron chi connectivity index (χ4n) is 3.24. The van der Waals surface area contributed by atoms with Crippen LogP contribution in [0.25, 0.3) is 0 Å². The predicted molar refractivity (Wildman–Crippen MR) is 86.1 cm³/mol. The fraction of sp³-hybridized carbons (Fsp3) is 0.556. The summed E-state index contributed by atoms with van der Waals surface area (Å²) >= 11 is 0. The topological polar surface area (TPSA) is 65.1 Å². The van der Waals surface area contributed by atoms with E-state index in [9.17, 15) is 14.0 Å². The number of piperidine rings is 1. The Hall–Kier alpha value is -2.15. The summed E-state index contributed by atoms with van der Waals surface area (Å²) < 4.78 is 29.5. The average molecular weight is 351 g/mol. The van der Waals surface area contributed by atoms with Gasteiger partial charge in [-0.1, -0.05) is 19.8 Å². The van der Waals surface area contributed by atoms with Gasteiger partial charge in [0.05, 0.1) is 6.42 Å². The first-order valence-corrected chi connectivity index (χ1v) is 8.66. The van der Waals surface area contributed by atoms with Crippen LogP contribution in [0.15, 0.2) is 24.3 Å². The van der Waals surface area contributed by atoms with Crippen molar-refractivity contribution in [3.8, 4) is 5.75 Å². The lowest BCUT2D eigenvalue weighted by molar-refractivity contribution is -0.274. The smallest absolute Gasteiger partial charge is 0.421 e. The minimum Gasteiger partial charge on any atom is -0.490 e. The number of hydrogen-bond acceptors (Lipinski definition) is 6. The Kier molecular flexibility index (Phi) is 5.22. The summed E-state index contributed by atoms with van der Waals surface area (Å²) in [7, 11) is 0. The van der Waals surface area contributed by atoms with Crippen LogP contribution < -0.4 is 4.74 Å². The van der Waals surface area contributed by atoms with Crippen molar-refractivity contribution in [2.45, 2.75) is 51.0 Å². The van der Waals surface area contributed by atoms with E-state index < -0.39 is 17.8 Å². The van der Waals surface area contributed by atoms with Gasteiger partial charge in [0.1, 0.15) is 17.7 Å². The summed E-state index contributed by atoms with van der Waals surface area (Å²) in [6.07, 6.45) is 3.66. The van der Waals surface area contributed by atoms with E-state index >= 15 is 0 Å². The number of ether oxygens (including phenoxy) is 3. The van der Waals surface area contributed by atoms with Gasteiger partial charge in [-0.05, 0) is 37.1 Å². The summed E-state index contributed by atoms with van der Waals surface area (Å²) in [5.41, 5.74) is 0. The number of nitrogens with zero attached hydrogens (tertiary/aromatic N) is 1. The molecule has 0 amide bonds. The third-order valence-corrected chi connectivity index (χ3v) is 4.51. The molecule has 1 spiro atoms. The molecule has 0 radical (unpaired) electrons. The van der Waals surface area contributed by atoms with Crippen LogP contribution in [-0.2, 0) is 19.1 Å². The molecule has 2 saturated heterocycles. The number of carbonyl (C=O) groups excluding carboxylic acids is 2. The lowest BCUT2D eigenvalue weighted by atomic mass is 10.0. The van der Waals surface area contributed by atoms with Crippen molar-refractivity contribution in [1.82, 2.24) is 4.90 Å². The first kappa shape index (κ1) is 17.7. The molecule has 0 aliphatic carbocycles. The maximum atomic E-state index is 13.0. The zero-order valence-corrected chi connectivity index (χ0v) is 14.2. The van der Waals surface area contributed by atoms with Gasteiger partial charge < -0.3 is 14.2 Å². The Balaban J connectivity index is 1.70. The highest BCUT2D eigenvalue weighted by atomic mass is 19.1. The Morgan fingerprint density at radius 3 is 2.52 bits per heavy atom. The van der Waals surface area contributed by atoms with Gasteiger partial charge in [-0.3, -0.25) is 0 Å². The normalized spacial score (nSPS) is 22.7. The van der Waals surface area contributed by atoms with Gasteiger partial charge in [0.25, 0.3) is 0 Å². The number of unbranched alkanes of at least 4 members (excludes halogenated alkanes) is 2. The SMILES string of the molecule is CCCCCN1CCC(Oc2ccc(F)cc2)CC12OC(=O)C(=O)O2. The highest BCUT2D eigenvalue weighted by Crippen LogP contribution is 2.36. The van der Waals surface area contributed by atoms with Crippen molar-refractivity contribution in [1.29, 1.82) is 0 Å². The van der Waals surface area contributed by atoms with Gasteiger partial charge in [-0.2, -0.15) is 0 Å². The van der Waals surface area contributed by atoms with Gasteiger partial charge in [-0.15, -0.1) is 0 Å². The van der Waals surface area contributed by atoms with Crippen LogP contribution in [0, 0.1) is 5.82 Å². The summed E-state index contributed by atoms with van der Waals surface area (Å²) in [6, 6.07) is 5.73. The van der Waals surface area contributed by atoms with Crippen LogP contribution in [0.1, 0.15) is 39.0 Å². The molecule has 2 aliphatic heterocycles. The monoisotopic (exact) mass is 351 g/mol. The molecule has 3 rings (SSSR count). The van der Waals surface area contributed by atoms with E-state index in [2.05, 4.69) is 6.92 Å². The van der Waals surface area contributed by atoms with Gasteiger partial charge >= 0.3 is 17.8 Å². The van der Waals surface area contributed by atoms with Crippen LogP contribution in [0.2, 0.25) is 0 Å². The molecule has 1 atom stereocenters. The van der Waals surface area contributed by atoms with Crippen molar-refractivity contribution >= 4 is 11.9 Å². The number of esters is 2. The van der Waals surface area contributed by atoms with Crippen molar-refractivity contribution in [3.63, 3.8) is 0 Å². The third-order valence-electron chi connectivity index (χ3n) is 4.51. The minimum absolute atomic E-state index is 0.230. The van der Waals surface area contributed by atoms with E-state index in [-0.39, 0.29) is 18.3 Å². The average Bonchev–Trinajstić information content (AvgIpc) is 2.86. The summed E-state index contributed by atoms with van der Waals surface area (Å²) in [5.74, 6) is -3.14. The van der Waals surface area contributed by atoms with Crippen molar-refractivity contribution in [3.05, 3.63) is 30.1 Å². The second-order valence-electron chi connectivity index (χ2n) is 6.37. The van der Waals surface area contributed by atoms with E-state index in [1.807, 2.05) is 4.90 Å². The second-order valence-corrected chi connectivity index (χ2v) is 6.37. The molecule has 136 valence electrons. The fourth-order valence-corrected chi connectivity index (χ4v) is 3.24. The molecule has 1 aromatic rings. The van der Waals surface area contributed by atoms with E-state index in [4.69, 9.17) is 14.2 Å². The second kappa shape index (κ2) is 7.39. The molecule has 2 aliphatic rings. The van der Waals surface area contributed by atoms with Gasteiger partial charge in [0, 0.05) is 13.1 Å². The highest BCUT2D eigenvalue weighted by Gasteiger charge is 2.56. The Bertz CT molecular complexity index is 617. The number of halogens is 1. The first-order chi connectivity index (χ1) is 12.0. The molecule has 6 nitrogen and oxygen atoms in total. The maximum absolute atomic E-state index is 13.0. The van der Waals surface area contributed by atoms with Crippen molar-refractivity contribution in [2.75, 3.05) is 13.1 Å². The molecule has 0 aromatic heterocycles. The number of likely N-dealkylation sites (tertiary alicyclic amines) is 1. The Labute approximate surface area is 145 Å². The van der Waals surface area contributed by atoms with Gasteiger partial charge in [-0.25, -0.2) is 18.9 Å². The summed E-state index contributed by atoms with van der Waals surface area (Å²) in [6.45, 7) is 3.36. The third kappa shape index (κ3) is 3.92. The highest BCUT2D eigenvalue weighted by molar-refractivity contribution is 6.31. The number of hydrogen-bond donors (Lipinski definition) is 0. The molecule has 2 fully saturated rings. The van der Waals surface area contributed by atoms with Gasteiger partial charge in [0.2, 0.25) is 0 Å². The van der Waals surface area contributed by atoms with Gasteiger partial charge in [0.15, 0.2) is 0 Å². The number of carbonyl (C=O) groups is 2. The van der Waals surface area contributed by atoms with Crippen LogP contribution in [-0.4, -0.2) is 41.9 Å². The predicted octanol–water partition coefficient (Wildman–Crippen LogP) is 2.61. The molecular formula is C18H22FNO5. The molecule has 0 N–H and O–H groups in total. The van der Waals surface area contributed by atoms with Crippen LogP contribution in [0.3, 0.4) is 0 Å². The summed E-state index contributed by atoms with van der Waals surface area (Å²) in [4.78, 5) is 25.1. The molecule has 25 heavy (non-hydrogen) atoms. The molecule has 2 heterocycles. The molecule has 1 unspecified atom stereocenters. The van der Waals surface area contributed by atoms with E-state index in [1.165, 1.54) is 12.1 Å². The van der Waals surface area contributed by atoms with Crippen LogP contribution >= 0.6 is 0 Å². The van der Waals surface area contributed by atoms with Crippen LogP contribution in [0.4, 0.5) is 4.39 Å². The Morgan fingerprint density at radius 1 is 1.20 bits per heavy atom. The van der Waals surface area contributed by atoms with E-state index in [0.717, 1.165) is 19.3 Å². The summed E-state index contributed by atoms with van der Waals surface area (Å²) in [5, 5.41) is 0. The quantitative estimate of drug-likeness (QED) is 0.446. The standard InChI is InChI=1S/C18H22FNO5/c1-2-3-4-10-20-11-9-15(23-14-7-5-13(19)6-8-14)12-18(20)24-16(21)17(22)25-18/h5-8,15H,2-4,9-12H2,1H3. The molecule has 0 bridgehead atoms. The van der Waals surface area contributed by atoms with E-state index in [1.54, 1.807) is 12.1 Å². The Morgan fingerprint density at radius 2 is 1.88 bits per heavy atom. The zero-order valence-electron chi connectivity index (χ0n) is 14.2. The number of rotatable bonds is 6. The lowest BCUT2D eigenvalue weighted by Gasteiger charge is -2.43. The molecular weight excluding hydrogens is 329 g/mol. The molecule has 1 aromatic carbocycles. The number of benzene rings is 1. The van der Waals surface area contributed by atoms with E-state index in [0.29, 0.717) is 25.3 Å². The lowest BCUT2D eigenvalue weighted by Crippen LogP contribution is -2.57. The molecule has 7 heteroatoms. The maximum Gasteiger partial charge on any atom is 0.421 e. The van der Waals surface area contributed by atoms with Crippen molar-refractivity contribution < 1.29 is 28.2 Å². The van der Waals surface area contributed by atoms with Crippen molar-refractivity contribution in [2.24, 2.45) is 0 Å². The largest absolute Gasteiger partial charge is 0.490 e. The van der Waals surface area contributed by atoms with Crippen LogP contribution in [0.5, 0.6) is 5.75 Å². The minimum atomic E-state index is -1.38. The zero-order chi connectivity index (χ0) is 17.9. The first-order valence-electron chi connectivity index (χ1n) is 8.66.